The van der Waals surface area contributed by atoms with Crippen molar-refractivity contribution in [1.29, 1.82) is 0 Å². The van der Waals surface area contributed by atoms with Gasteiger partial charge < -0.3 is 0 Å². The zero-order valence-electron chi connectivity index (χ0n) is 22.5. The fourth-order valence-electron chi connectivity index (χ4n) is 29.2. The van der Waals surface area contributed by atoms with Gasteiger partial charge >= 0.3 is 190 Å². The molecule has 0 nitrogen and oxygen atoms in total. The maximum absolute atomic E-state index is 4.07. The van der Waals surface area contributed by atoms with Crippen LogP contribution in [0, 0.1) is 0 Å². The van der Waals surface area contributed by atoms with Crippen LogP contribution < -0.4 is 0 Å². The van der Waals surface area contributed by atoms with Crippen LogP contribution in [0.25, 0.3) is 0 Å². The maximum atomic E-state index is 2.61. The fraction of sp³-hybridized carbons (Fsp3) is 1.00. The van der Waals surface area contributed by atoms with E-state index in [4.69, 9.17) is 0 Å². The molecule has 10 fully saturated rings. The van der Waals surface area contributed by atoms with Crippen molar-refractivity contribution in [2.24, 2.45) is 0 Å². The molecule has 10 aliphatic heterocycles. The summed E-state index contributed by atoms with van der Waals surface area (Å²) in [6, 6.07) is 0. The Kier molecular flexibility index (Phi) is 1.41. The number of hydrogen-bond acceptors (Lipinski definition) is 0. The summed E-state index contributed by atoms with van der Waals surface area (Å²) < 4.78 is 7.02. The third-order valence-corrected chi connectivity index (χ3v) is 71.2. The molecule has 184 valence electrons. The van der Waals surface area contributed by atoms with E-state index >= 15 is 0 Å². The third-order valence-electron chi connectivity index (χ3n) is 22.0. The van der Waals surface area contributed by atoms with Crippen LogP contribution in [0.3, 0.4) is 0 Å². The topological polar surface area (TPSA) is 0 Å². The molecule has 0 radical (unpaired) electrons. The summed E-state index contributed by atoms with van der Waals surface area (Å²) in [7, 11) is 0. The van der Waals surface area contributed by atoms with Gasteiger partial charge in [-0.25, -0.2) is 0 Å². The van der Waals surface area contributed by atoms with E-state index in [2.05, 4.69) is 48.5 Å². The van der Waals surface area contributed by atoms with E-state index in [0.29, 0.717) is 0 Å². The van der Waals surface area contributed by atoms with E-state index in [1.165, 1.54) is 59.4 Å². The van der Waals surface area contributed by atoms with Crippen molar-refractivity contribution in [3.8, 4) is 0 Å². The molecule has 10 aliphatic rings. The van der Waals surface area contributed by atoms with Gasteiger partial charge in [0.05, 0.1) is 0 Å². The predicted octanol–water partition coefficient (Wildman–Crippen LogP) is 11.6. The molecule has 32 heavy (non-hydrogen) atoms. The van der Waals surface area contributed by atoms with E-state index in [0.717, 1.165) is 30.2 Å². The Labute approximate surface area is 189 Å². The molecule has 0 bridgehead atoms. The molecule has 10 rings (SSSR count). The van der Waals surface area contributed by atoms with Crippen LogP contribution in [0.1, 0.15) is 138 Å². The third kappa shape index (κ3) is 0.254. The molecule has 1 spiro atoms. The van der Waals surface area contributed by atoms with Crippen LogP contribution in [-0.4, -0.2) is 0 Å². The first-order valence-corrected chi connectivity index (χ1v) is 21.3. The van der Waals surface area contributed by atoms with E-state index in [-0.39, 0.29) is 0 Å². The molecule has 0 saturated carbocycles. The Hall–Kier alpha value is 0.519. The first-order valence-electron chi connectivity index (χ1n) is 15.5. The summed E-state index contributed by atoms with van der Waals surface area (Å²) >= 11 is 0. The summed E-state index contributed by atoms with van der Waals surface area (Å²) in [5, 5.41) is 0. The SMILES string of the molecule is CCC[C]12[CH]3[C]4(CCC)[C]5(CCC)[CH]1[Fe]32451678[CH]2[C]1(CCC)[C]6(CCC)[C]7(CCC)[C]28CCC. The average Bonchev–Trinajstić information content (AvgIpc) is 3.72. The first-order chi connectivity index (χ1) is 15.3. The van der Waals surface area contributed by atoms with Crippen LogP contribution >= 0.6 is 0 Å². The molecule has 10 heterocycles. The monoisotopic (exact) mass is 480 g/mol. The van der Waals surface area contributed by atoms with Crippen LogP contribution in [0.2, 0.25) is 44.6 Å². The second-order valence-electron chi connectivity index (χ2n) is 16.5. The molecule has 0 amide bonds. The van der Waals surface area contributed by atoms with E-state index < -0.39 is 6.51 Å². The summed E-state index contributed by atoms with van der Waals surface area (Å²) in [6.45, 7) is 14.2. The van der Waals surface area contributed by atoms with Crippen molar-refractivity contribution < 1.29 is 6.51 Å². The molecule has 1 heteroatoms. The van der Waals surface area contributed by atoms with Crippen molar-refractivity contribution in [3.05, 3.63) is 0 Å². The molecule has 8 unspecified atom stereocenters. The van der Waals surface area contributed by atoms with Crippen LogP contribution in [0.4, 0.5) is 0 Å². The summed E-state index contributed by atoms with van der Waals surface area (Å²) in [5.41, 5.74) is 0. The van der Waals surface area contributed by atoms with Crippen LogP contribution in [0.15, 0.2) is 0 Å². The Balaban J connectivity index is 1.47. The minimum atomic E-state index is -4.07. The van der Waals surface area contributed by atoms with Crippen molar-refractivity contribution in [3.63, 3.8) is 0 Å². The van der Waals surface area contributed by atoms with Crippen molar-refractivity contribution in [1.82, 2.24) is 0 Å². The van der Waals surface area contributed by atoms with Gasteiger partial charge in [0.25, 0.3) is 0 Å². The van der Waals surface area contributed by atoms with Gasteiger partial charge in [-0.3, -0.25) is 0 Å². The molecule has 0 aromatic heterocycles. The van der Waals surface area contributed by atoms with E-state index in [9.17, 15) is 0 Å². The standard InChI is InChI=1S/C17H29.C14H23.Fe/c1-5-9-14-13-15(10-6-2)17(12-8-4)16(14)11-7-3;1-4-7-12-10-13(8-5-2)14(11-12)9-6-3;/h13H,5-12H2,1-4H3;10-11H,4-9H2,1-3H3;. The van der Waals surface area contributed by atoms with Crippen LogP contribution in [-0.2, 0) is 6.51 Å². The summed E-state index contributed by atoms with van der Waals surface area (Å²) in [4.78, 5) is 4.17. The quantitative estimate of drug-likeness (QED) is 0.217. The van der Waals surface area contributed by atoms with Gasteiger partial charge in [0, 0.05) is 0 Å². The van der Waals surface area contributed by atoms with Gasteiger partial charge in [0.1, 0.15) is 0 Å². The Morgan fingerprint density at radius 1 is 0.406 bits per heavy atom. The normalized spacial score (nSPS) is 83.0. The van der Waals surface area contributed by atoms with E-state index in [1.807, 2.05) is 0 Å². The summed E-state index contributed by atoms with van der Waals surface area (Å²) in [6.07, 6.45) is 22.7. The molecule has 0 aliphatic carbocycles. The molecule has 0 N–H and O–H groups in total. The number of hydrogen-bond donors (Lipinski definition) is 0. The molecular formula is C31H52Fe. The second-order valence-corrected chi connectivity index (χ2v) is 38.8. The van der Waals surface area contributed by atoms with Crippen molar-refractivity contribution in [2.75, 3.05) is 0 Å². The molecule has 10 saturated heterocycles. The Bertz CT molecular complexity index is 1300. The minimum absolute atomic E-state index is 0.990. The van der Waals surface area contributed by atoms with Gasteiger partial charge in [-0.2, -0.15) is 0 Å². The van der Waals surface area contributed by atoms with Gasteiger partial charge in [0.15, 0.2) is 0 Å². The van der Waals surface area contributed by atoms with Crippen molar-refractivity contribution >= 4 is 0 Å². The van der Waals surface area contributed by atoms with Gasteiger partial charge in [0.2, 0.25) is 0 Å². The van der Waals surface area contributed by atoms with Crippen molar-refractivity contribution in [2.45, 2.75) is 183 Å². The predicted molar refractivity (Wildman–Crippen MR) is 134 cm³/mol. The zero-order valence-corrected chi connectivity index (χ0v) is 23.6. The van der Waals surface area contributed by atoms with Crippen LogP contribution in [0.5, 0.6) is 0 Å². The molecule has 0 aromatic rings. The average molecular weight is 481 g/mol. The van der Waals surface area contributed by atoms with Gasteiger partial charge in [-0.15, -0.1) is 0 Å². The molecular weight excluding hydrogens is 428 g/mol. The van der Waals surface area contributed by atoms with E-state index in [1.54, 1.807) is 44.9 Å². The second kappa shape index (κ2) is 2.40. The molecule has 8 atom stereocenters. The first kappa shape index (κ1) is 18.7. The summed E-state index contributed by atoms with van der Waals surface area (Å²) in [5.74, 6) is 0. The fourth-order valence-corrected chi connectivity index (χ4v) is 123. The van der Waals surface area contributed by atoms with Gasteiger partial charge in [-0.05, 0) is 0 Å². The number of fused-ring (bicyclic) bond motifs is 10. The number of rotatable bonds is 14. The zero-order chi connectivity index (χ0) is 22.4. The Morgan fingerprint density at radius 3 is 1.09 bits per heavy atom. The molecule has 0 aromatic carbocycles. The van der Waals surface area contributed by atoms with Gasteiger partial charge in [-0.1, -0.05) is 0 Å². The Morgan fingerprint density at radius 2 is 0.750 bits per heavy atom.